The van der Waals surface area contributed by atoms with Crippen LogP contribution in [0, 0.1) is 5.92 Å². The fourth-order valence-corrected chi connectivity index (χ4v) is 2.92. The third-order valence-electron chi connectivity index (χ3n) is 3.15. The number of sulfonamides is 1. The Bertz CT molecular complexity index is 665. The second-order valence-corrected chi connectivity index (χ2v) is 7.08. The molecular weight excluding hydrogens is 284 g/mol. The molecule has 0 fully saturated rings. The minimum Gasteiger partial charge on any atom is -0.263 e. The van der Waals surface area contributed by atoms with E-state index in [1.165, 1.54) is 0 Å². The Morgan fingerprint density at radius 2 is 1.81 bits per heavy atom. The van der Waals surface area contributed by atoms with E-state index < -0.39 is 10.0 Å². The first kappa shape index (κ1) is 15.5. The number of rotatable bonds is 6. The number of pyridine rings is 1. The van der Waals surface area contributed by atoms with E-state index in [1.54, 1.807) is 36.5 Å². The molecule has 1 aromatic carbocycles. The summed E-state index contributed by atoms with van der Waals surface area (Å²) in [4.78, 5) is 4.22. The van der Waals surface area contributed by atoms with E-state index in [0.717, 1.165) is 18.4 Å². The maximum Gasteiger partial charge on any atom is 0.263 e. The number of anilines is 1. The maximum absolute atomic E-state index is 12.2. The van der Waals surface area contributed by atoms with E-state index in [1.807, 2.05) is 12.1 Å². The minimum atomic E-state index is -3.57. The number of hydrogen-bond acceptors (Lipinski definition) is 3. The molecule has 0 spiro atoms. The van der Waals surface area contributed by atoms with Crippen molar-refractivity contribution in [2.24, 2.45) is 5.92 Å². The Hall–Kier alpha value is -1.88. The topological polar surface area (TPSA) is 59.1 Å². The Balaban J connectivity index is 2.10. The third kappa shape index (κ3) is 4.56. The summed E-state index contributed by atoms with van der Waals surface area (Å²) in [6, 6.07) is 12.1. The number of nitrogens with one attached hydrogen (secondary N) is 1. The molecule has 0 aliphatic heterocycles. The van der Waals surface area contributed by atoms with Gasteiger partial charge in [0.05, 0.1) is 4.90 Å². The van der Waals surface area contributed by atoms with Gasteiger partial charge >= 0.3 is 0 Å². The number of hydrogen-bond donors (Lipinski definition) is 1. The Kier molecular flexibility index (Phi) is 4.96. The van der Waals surface area contributed by atoms with Crippen LogP contribution in [0.4, 0.5) is 5.82 Å². The van der Waals surface area contributed by atoms with Gasteiger partial charge in [-0.25, -0.2) is 13.4 Å². The molecule has 2 aromatic rings. The summed E-state index contributed by atoms with van der Waals surface area (Å²) < 4.78 is 26.9. The summed E-state index contributed by atoms with van der Waals surface area (Å²) in [5, 5.41) is 0. The van der Waals surface area contributed by atoms with Gasteiger partial charge in [-0.3, -0.25) is 4.72 Å². The van der Waals surface area contributed by atoms with E-state index in [0.29, 0.717) is 11.7 Å². The number of aryl methyl sites for hydroxylation is 1. The van der Waals surface area contributed by atoms with Crippen LogP contribution in [0.1, 0.15) is 25.8 Å². The minimum absolute atomic E-state index is 0.251. The van der Waals surface area contributed by atoms with Gasteiger partial charge < -0.3 is 0 Å². The molecule has 21 heavy (non-hydrogen) atoms. The van der Waals surface area contributed by atoms with Crippen molar-refractivity contribution in [1.29, 1.82) is 0 Å². The zero-order valence-electron chi connectivity index (χ0n) is 12.3. The molecular formula is C16H20N2O2S. The SMILES string of the molecule is CC(C)CCc1ccc(S(=O)(=O)Nc2ccccn2)cc1. The summed E-state index contributed by atoms with van der Waals surface area (Å²) in [6.45, 7) is 4.35. The maximum atomic E-state index is 12.2. The summed E-state index contributed by atoms with van der Waals surface area (Å²) >= 11 is 0. The summed E-state index contributed by atoms with van der Waals surface area (Å²) in [6.07, 6.45) is 3.61. The first-order valence-corrected chi connectivity index (χ1v) is 8.48. The van der Waals surface area contributed by atoms with Gasteiger partial charge in [0.15, 0.2) is 0 Å². The van der Waals surface area contributed by atoms with Crippen molar-refractivity contribution < 1.29 is 8.42 Å². The molecule has 0 radical (unpaired) electrons. The second kappa shape index (κ2) is 6.72. The van der Waals surface area contributed by atoms with Crippen LogP contribution in [0.3, 0.4) is 0 Å². The molecule has 0 bridgehead atoms. The number of aromatic nitrogens is 1. The van der Waals surface area contributed by atoms with E-state index in [-0.39, 0.29) is 4.90 Å². The van der Waals surface area contributed by atoms with Gasteiger partial charge in [-0.05, 0) is 48.6 Å². The van der Waals surface area contributed by atoms with E-state index in [9.17, 15) is 8.42 Å². The molecule has 0 atom stereocenters. The zero-order valence-corrected chi connectivity index (χ0v) is 13.1. The zero-order chi connectivity index (χ0) is 15.3. The summed E-state index contributed by atoms with van der Waals surface area (Å²) in [5.74, 6) is 0.959. The second-order valence-electron chi connectivity index (χ2n) is 5.40. The molecule has 112 valence electrons. The normalized spacial score (nSPS) is 11.6. The predicted octanol–water partition coefficient (Wildman–Crippen LogP) is 3.47. The average Bonchev–Trinajstić information content (AvgIpc) is 2.46. The summed E-state index contributed by atoms with van der Waals surface area (Å²) in [7, 11) is -3.57. The molecule has 0 saturated carbocycles. The Labute approximate surface area is 126 Å². The lowest BCUT2D eigenvalue weighted by Gasteiger charge is -2.08. The first-order chi connectivity index (χ1) is 9.97. The van der Waals surface area contributed by atoms with E-state index in [4.69, 9.17) is 0 Å². The lowest BCUT2D eigenvalue weighted by molar-refractivity contribution is 0.586. The van der Waals surface area contributed by atoms with E-state index >= 15 is 0 Å². The average molecular weight is 304 g/mol. The Morgan fingerprint density at radius 3 is 2.38 bits per heavy atom. The molecule has 0 unspecified atom stereocenters. The number of benzene rings is 1. The van der Waals surface area contributed by atoms with Crippen LogP contribution >= 0.6 is 0 Å². The Morgan fingerprint density at radius 1 is 1.10 bits per heavy atom. The molecule has 1 N–H and O–H groups in total. The highest BCUT2D eigenvalue weighted by Crippen LogP contribution is 2.16. The van der Waals surface area contributed by atoms with Crippen LogP contribution in [0.5, 0.6) is 0 Å². The van der Waals surface area contributed by atoms with Crippen LogP contribution in [0.25, 0.3) is 0 Å². The largest absolute Gasteiger partial charge is 0.263 e. The first-order valence-electron chi connectivity index (χ1n) is 7.00. The van der Waals surface area contributed by atoms with Gasteiger partial charge in [0.2, 0.25) is 0 Å². The van der Waals surface area contributed by atoms with Crippen molar-refractivity contribution >= 4 is 15.8 Å². The number of nitrogens with zero attached hydrogens (tertiary/aromatic N) is 1. The molecule has 5 heteroatoms. The van der Waals surface area contributed by atoms with Crippen LogP contribution < -0.4 is 4.72 Å². The molecule has 0 saturated heterocycles. The molecule has 2 rings (SSSR count). The van der Waals surface area contributed by atoms with Gasteiger partial charge in [0.25, 0.3) is 10.0 Å². The van der Waals surface area contributed by atoms with Gasteiger partial charge in [-0.1, -0.05) is 32.0 Å². The van der Waals surface area contributed by atoms with Crippen LogP contribution in [0.2, 0.25) is 0 Å². The smallest absolute Gasteiger partial charge is 0.263 e. The van der Waals surface area contributed by atoms with Crippen molar-refractivity contribution in [1.82, 2.24) is 4.98 Å². The fourth-order valence-electron chi connectivity index (χ4n) is 1.91. The van der Waals surface area contributed by atoms with Crippen LogP contribution in [0.15, 0.2) is 53.6 Å². The highest BCUT2D eigenvalue weighted by atomic mass is 32.2. The molecule has 1 heterocycles. The molecule has 0 aliphatic carbocycles. The van der Waals surface area contributed by atoms with Gasteiger partial charge in [0.1, 0.15) is 5.82 Å². The fraction of sp³-hybridized carbons (Fsp3) is 0.312. The monoisotopic (exact) mass is 304 g/mol. The quantitative estimate of drug-likeness (QED) is 0.889. The predicted molar refractivity (Wildman–Crippen MR) is 84.6 cm³/mol. The lowest BCUT2D eigenvalue weighted by atomic mass is 10.0. The summed E-state index contributed by atoms with van der Waals surface area (Å²) in [5.41, 5.74) is 1.15. The van der Waals surface area contributed by atoms with Crippen LogP contribution in [-0.4, -0.2) is 13.4 Å². The standard InChI is InChI=1S/C16H20N2O2S/c1-13(2)6-7-14-8-10-15(11-9-14)21(19,20)18-16-5-3-4-12-17-16/h3-5,8-13H,6-7H2,1-2H3,(H,17,18). The van der Waals surface area contributed by atoms with Gasteiger partial charge in [-0.2, -0.15) is 0 Å². The highest BCUT2D eigenvalue weighted by Gasteiger charge is 2.14. The third-order valence-corrected chi connectivity index (χ3v) is 4.52. The van der Waals surface area contributed by atoms with Crippen molar-refractivity contribution in [2.45, 2.75) is 31.6 Å². The van der Waals surface area contributed by atoms with Gasteiger partial charge in [-0.15, -0.1) is 0 Å². The molecule has 0 amide bonds. The van der Waals surface area contributed by atoms with E-state index in [2.05, 4.69) is 23.6 Å². The molecule has 0 aliphatic rings. The molecule has 4 nitrogen and oxygen atoms in total. The van der Waals surface area contributed by atoms with Crippen molar-refractivity contribution in [3.63, 3.8) is 0 Å². The highest BCUT2D eigenvalue weighted by molar-refractivity contribution is 7.92. The van der Waals surface area contributed by atoms with Gasteiger partial charge in [0, 0.05) is 6.20 Å². The van der Waals surface area contributed by atoms with Crippen molar-refractivity contribution in [3.05, 3.63) is 54.2 Å². The van der Waals surface area contributed by atoms with Crippen molar-refractivity contribution in [3.8, 4) is 0 Å². The molecule has 1 aromatic heterocycles. The lowest BCUT2D eigenvalue weighted by Crippen LogP contribution is -2.13. The van der Waals surface area contributed by atoms with Crippen LogP contribution in [-0.2, 0) is 16.4 Å². The van der Waals surface area contributed by atoms with Crippen molar-refractivity contribution in [2.75, 3.05) is 4.72 Å².